The molecule has 0 saturated heterocycles. The van der Waals surface area contributed by atoms with Gasteiger partial charge in [0.25, 0.3) is 0 Å². The molecule has 0 radical (unpaired) electrons. The van der Waals surface area contributed by atoms with E-state index in [0.717, 1.165) is 15.5 Å². The van der Waals surface area contributed by atoms with Gasteiger partial charge in [0, 0.05) is 10.9 Å². The summed E-state index contributed by atoms with van der Waals surface area (Å²) in [4.78, 5) is 19.8. The summed E-state index contributed by atoms with van der Waals surface area (Å²) in [5.74, 6) is -0.290. The standard InChI is InChI=1S/C12H10BrClN2O2/c1-18-11(17)5-4-9-12(14)16-8-3-2-7(13)6-10(8)15-9/h2-3,6H,4-5H2,1H3. The van der Waals surface area contributed by atoms with Crippen molar-refractivity contribution in [2.45, 2.75) is 12.8 Å². The number of esters is 1. The lowest BCUT2D eigenvalue weighted by Crippen LogP contribution is -2.04. The van der Waals surface area contributed by atoms with Gasteiger partial charge in [-0.3, -0.25) is 4.79 Å². The number of benzene rings is 1. The van der Waals surface area contributed by atoms with Crippen molar-refractivity contribution in [2.75, 3.05) is 7.11 Å². The van der Waals surface area contributed by atoms with E-state index >= 15 is 0 Å². The third-order valence-corrected chi connectivity index (χ3v) is 3.24. The average Bonchev–Trinajstić information content (AvgIpc) is 2.36. The van der Waals surface area contributed by atoms with Crippen LogP contribution < -0.4 is 0 Å². The number of hydrogen-bond acceptors (Lipinski definition) is 4. The van der Waals surface area contributed by atoms with E-state index in [-0.39, 0.29) is 12.4 Å². The molecule has 6 heteroatoms. The van der Waals surface area contributed by atoms with E-state index < -0.39 is 0 Å². The minimum atomic E-state index is -0.290. The number of fused-ring (bicyclic) bond motifs is 1. The third-order valence-electron chi connectivity index (χ3n) is 2.44. The molecule has 1 aromatic heterocycles. The Hall–Kier alpha value is -1.20. The average molecular weight is 330 g/mol. The molecule has 0 aliphatic carbocycles. The Balaban J connectivity index is 2.32. The Kier molecular flexibility index (Phi) is 4.14. The van der Waals surface area contributed by atoms with Crippen LogP contribution >= 0.6 is 27.5 Å². The van der Waals surface area contributed by atoms with Crippen molar-refractivity contribution < 1.29 is 9.53 Å². The minimum absolute atomic E-state index is 0.240. The molecular formula is C12H10BrClN2O2. The second kappa shape index (κ2) is 5.63. The summed E-state index contributed by atoms with van der Waals surface area (Å²) in [6.45, 7) is 0. The molecule has 0 unspecified atom stereocenters. The predicted octanol–water partition coefficient (Wildman–Crippen LogP) is 3.15. The maximum atomic E-state index is 11.1. The lowest BCUT2D eigenvalue weighted by molar-refractivity contribution is -0.140. The number of rotatable bonds is 3. The summed E-state index contributed by atoms with van der Waals surface area (Å²) in [6.07, 6.45) is 0.658. The maximum absolute atomic E-state index is 11.1. The molecule has 94 valence electrons. The molecule has 1 aromatic carbocycles. The smallest absolute Gasteiger partial charge is 0.305 e. The van der Waals surface area contributed by atoms with Crippen molar-refractivity contribution >= 4 is 44.5 Å². The molecule has 0 bridgehead atoms. The molecule has 2 rings (SSSR count). The number of aryl methyl sites for hydroxylation is 1. The van der Waals surface area contributed by atoms with Crippen LogP contribution in [0.5, 0.6) is 0 Å². The van der Waals surface area contributed by atoms with Gasteiger partial charge in [-0.05, 0) is 18.2 Å². The van der Waals surface area contributed by atoms with E-state index in [1.165, 1.54) is 7.11 Å². The van der Waals surface area contributed by atoms with Crippen molar-refractivity contribution in [3.8, 4) is 0 Å². The van der Waals surface area contributed by atoms with Gasteiger partial charge in [0.1, 0.15) is 0 Å². The van der Waals surface area contributed by atoms with Gasteiger partial charge in [-0.25, -0.2) is 9.97 Å². The highest BCUT2D eigenvalue weighted by Gasteiger charge is 2.09. The first-order valence-corrected chi connectivity index (χ1v) is 6.45. The van der Waals surface area contributed by atoms with Crippen molar-refractivity contribution in [1.29, 1.82) is 0 Å². The molecule has 2 aromatic rings. The number of halogens is 2. The number of carbonyl (C=O) groups is 1. The van der Waals surface area contributed by atoms with Crippen LogP contribution in [-0.2, 0) is 16.0 Å². The second-order valence-electron chi connectivity index (χ2n) is 3.67. The molecule has 0 amide bonds. The zero-order chi connectivity index (χ0) is 13.1. The summed E-state index contributed by atoms with van der Waals surface area (Å²) < 4.78 is 5.50. The Bertz CT molecular complexity index is 604. The van der Waals surface area contributed by atoms with E-state index in [4.69, 9.17) is 11.6 Å². The fourth-order valence-corrected chi connectivity index (χ4v) is 2.10. The molecule has 18 heavy (non-hydrogen) atoms. The van der Waals surface area contributed by atoms with Gasteiger partial charge >= 0.3 is 5.97 Å². The van der Waals surface area contributed by atoms with Gasteiger partial charge in [0.05, 0.1) is 30.3 Å². The molecule has 0 aliphatic heterocycles. The van der Waals surface area contributed by atoms with Gasteiger partial charge in [0.15, 0.2) is 5.15 Å². The number of methoxy groups -OCH3 is 1. The van der Waals surface area contributed by atoms with Crippen molar-refractivity contribution in [2.24, 2.45) is 0 Å². The highest BCUT2D eigenvalue weighted by molar-refractivity contribution is 9.10. The van der Waals surface area contributed by atoms with Crippen LogP contribution in [0.3, 0.4) is 0 Å². The number of aromatic nitrogens is 2. The van der Waals surface area contributed by atoms with Gasteiger partial charge in [0.2, 0.25) is 0 Å². The molecule has 0 atom stereocenters. The minimum Gasteiger partial charge on any atom is -0.469 e. The molecule has 0 saturated carbocycles. The largest absolute Gasteiger partial charge is 0.469 e. The highest BCUT2D eigenvalue weighted by Crippen LogP contribution is 2.21. The van der Waals surface area contributed by atoms with Crippen molar-refractivity contribution in [1.82, 2.24) is 9.97 Å². The Labute approximate surface area is 117 Å². The SMILES string of the molecule is COC(=O)CCc1nc2cc(Br)ccc2nc1Cl. The predicted molar refractivity (Wildman–Crippen MR) is 72.6 cm³/mol. The van der Waals surface area contributed by atoms with E-state index in [2.05, 4.69) is 30.6 Å². The van der Waals surface area contributed by atoms with Gasteiger partial charge in [-0.2, -0.15) is 0 Å². The molecule has 1 heterocycles. The molecule has 4 nitrogen and oxygen atoms in total. The van der Waals surface area contributed by atoms with Crippen LogP contribution in [0.2, 0.25) is 5.15 Å². The zero-order valence-electron chi connectivity index (χ0n) is 9.61. The Morgan fingerprint density at radius 2 is 2.17 bits per heavy atom. The van der Waals surface area contributed by atoms with Crippen LogP contribution in [-0.4, -0.2) is 23.0 Å². The third kappa shape index (κ3) is 2.97. The lowest BCUT2D eigenvalue weighted by Gasteiger charge is -2.05. The molecule has 0 N–H and O–H groups in total. The second-order valence-corrected chi connectivity index (χ2v) is 4.94. The lowest BCUT2D eigenvalue weighted by atomic mass is 10.2. The Morgan fingerprint density at radius 1 is 1.39 bits per heavy atom. The topological polar surface area (TPSA) is 52.1 Å². The number of nitrogens with zero attached hydrogens (tertiary/aromatic N) is 2. The van der Waals surface area contributed by atoms with Crippen molar-refractivity contribution in [3.05, 3.63) is 33.5 Å². The molecule has 0 spiro atoms. The van der Waals surface area contributed by atoms with Crippen LogP contribution in [0.25, 0.3) is 11.0 Å². The maximum Gasteiger partial charge on any atom is 0.305 e. The summed E-state index contributed by atoms with van der Waals surface area (Å²) in [7, 11) is 1.35. The first-order valence-electron chi connectivity index (χ1n) is 5.28. The molecule has 0 fully saturated rings. The monoisotopic (exact) mass is 328 g/mol. The number of hydrogen-bond donors (Lipinski definition) is 0. The van der Waals surface area contributed by atoms with E-state index in [9.17, 15) is 4.79 Å². The highest BCUT2D eigenvalue weighted by atomic mass is 79.9. The number of carbonyl (C=O) groups excluding carboxylic acids is 1. The summed E-state index contributed by atoms with van der Waals surface area (Å²) in [6, 6.07) is 5.57. The zero-order valence-corrected chi connectivity index (χ0v) is 12.0. The normalized spacial score (nSPS) is 10.6. The Morgan fingerprint density at radius 3 is 2.89 bits per heavy atom. The van der Waals surface area contributed by atoms with Crippen molar-refractivity contribution in [3.63, 3.8) is 0 Å². The van der Waals surface area contributed by atoms with Gasteiger partial charge in [-0.15, -0.1) is 0 Å². The first-order chi connectivity index (χ1) is 8.60. The van der Waals surface area contributed by atoms with E-state index in [1.807, 2.05) is 18.2 Å². The molecule has 0 aliphatic rings. The van der Waals surface area contributed by atoms with Crippen LogP contribution in [0, 0.1) is 0 Å². The summed E-state index contributed by atoms with van der Waals surface area (Å²) in [5.41, 5.74) is 2.08. The number of ether oxygens (including phenoxy) is 1. The molecular weight excluding hydrogens is 320 g/mol. The fraction of sp³-hybridized carbons (Fsp3) is 0.250. The van der Waals surface area contributed by atoms with Gasteiger partial charge in [-0.1, -0.05) is 27.5 Å². The quantitative estimate of drug-likeness (QED) is 0.812. The van der Waals surface area contributed by atoms with Gasteiger partial charge < -0.3 is 4.74 Å². The van der Waals surface area contributed by atoms with Crippen LogP contribution in [0.1, 0.15) is 12.1 Å². The van der Waals surface area contributed by atoms with Crippen LogP contribution in [0.4, 0.5) is 0 Å². The summed E-state index contributed by atoms with van der Waals surface area (Å²) in [5, 5.41) is 0.328. The van der Waals surface area contributed by atoms with E-state index in [1.54, 1.807) is 0 Å². The first kappa shape index (κ1) is 13.2. The van der Waals surface area contributed by atoms with E-state index in [0.29, 0.717) is 17.3 Å². The summed E-state index contributed by atoms with van der Waals surface area (Å²) >= 11 is 9.41. The van der Waals surface area contributed by atoms with Crippen LogP contribution in [0.15, 0.2) is 22.7 Å². The fourth-order valence-electron chi connectivity index (χ4n) is 1.52.